The molecule has 0 aliphatic rings. The number of ether oxygens (including phenoxy) is 1. The minimum atomic E-state index is 0.542. The monoisotopic (exact) mass is 117 g/mol. The van der Waals surface area contributed by atoms with E-state index in [1.54, 1.807) is 12.2 Å². The molecule has 3 radical (unpaired) electrons. The molecule has 0 spiro atoms. The summed E-state index contributed by atoms with van der Waals surface area (Å²) >= 11 is 0. The van der Waals surface area contributed by atoms with Gasteiger partial charge in [-0.3, -0.25) is 0 Å². The van der Waals surface area contributed by atoms with E-state index >= 15 is 0 Å². The van der Waals surface area contributed by atoms with Crippen LogP contribution in [0.15, 0.2) is 37.2 Å². The van der Waals surface area contributed by atoms with Gasteiger partial charge in [-0.25, -0.2) is 0 Å². The van der Waals surface area contributed by atoms with Crippen molar-refractivity contribution < 1.29 is 4.74 Å². The number of allylic oxidation sites excluding steroid dienone is 2. The van der Waals surface area contributed by atoms with Gasteiger partial charge in [-0.05, 0) is 6.08 Å². The van der Waals surface area contributed by atoms with E-state index in [4.69, 9.17) is 12.5 Å². The minimum absolute atomic E-state index is 0.542. The number of hydrogen-bond donors (Lipinski definition) is 0. The summed E-state index contributed by atoms with van der Waals surface area (Å²) in [5.41, 5.74) is 0.542. The highest BCUT2D eigenvalue weighted by molar-refractivity contribution is 6.93. The second kappa shape index (κ2) is 5.29. The minimum Gasteiger partial charge on any atom is -0.482 e. The van der Waals surface area contributed by atoms with Gasteiger partial charge in [0, 0.05) is 13.4 Å². The zero-order chi connectivity index (χ0) is 7.11. The molecule has 0 rings (SSSR count). The molecule has 0 bridgehead atoms. The molecule has 0 atom stereocenters. The fourth-order valence-corrected chi connectivity index (χ4v) is 0.347. The van der Waals surface area contributed by atoms with E-state index in [1.165, 1.54) is 13.4 Å². The molecule has 0 heterocycles. The van der Waals surface area contributed by atoms with Gasteiger partial charge in [0.25, 0.3) is 0 Å². The maximum atomic E-state index is 5.13. The van der Waals surface area contributed by atoms with Crippen LogP contribution >= 0.6 is 0 Å². The van der Waals surface area contributed by atoms with Crippen LogP contribution in [0.5, 0.6) is 0 Å². The summed E-state index contributed by atoms with van der Waals surface area (Å²) < 4.78 is 4.80. The van der Waals surface area contributed by atoms with Crippen molar-refractivity contribution in [2.45, 2.75) is 0 Å². The van der Waals surface area contributed by atoms with E-state index in [0.29, 0.717) is 5.66 Å². The Morgan fingerprint density at radius 3 is 2.56 bits per heavy atom. The summed E-state index contributed by atoms with van der Waals surface area (Å²) in [5.74, 6) is 0. The molecular formula is C6H7B2O. The van der Waals surface area contributed by atoms with Gasteiger partial charge in [0.15, 0.2) is 0 Å². The quantitative estimate of drug-likeness (QED) is 0.302. The normalized spacial score (nSPS) is 10.0. The lowest BCUT2D eigenvalue weighted by atomic mass is 9.54. The van der Waals surface area contributed by atoms with E-state index in [0.717, 1.165) is 0 Å². The zero-order valence-corrected chi connectivity index (χ0v) is 5.21. The van der Waals surface area contributed by atoms with E-state index in [2.05, 4.69) is 13.2 Å². The van der Waals surface area contributed by atoms with Crippen LogP contribution in [0.25, 0.3) is 0 Å². The smallest absolute Gasteiger partial charge is 0.145 e. The standard InChI is InChI=1S/C6H7B2O/c1-3-5-6(8-7)9-4-2/h3-5H,1-2H2/b6-5-. The summed E-state index contributed by atoms with van der Waals surface area (Å²) in [7, 11) is 6.47. The van der Waals surface area contributed by atoms with E-state index in [9.17, 15) is 0 Å². The molecule has 0 aromatic heterocycles. The average Bonchev–Trinajstić information content (AvgIpc) is 1.88. The molecule has 0 saturated heterocycles. The lowest BCUT2D eigenvalue weighted by molar-refractivity contribution is 0.386. The van der Waals surface area contributed by atoms with Crippen LogP contribution in [0.3, 0.4) is 0 Å². The molecule has 1 nitrogen and oxygen atoms in total. The summed E-state index contributed by atoms with van der Waals surface area (Å²) in [4.78, 5) is 0. The topological polar surface area (TPSA) is 9.23 Å². The van der Waals surface area contributed by atoms with Gasteiger partial charge in [0.05, 0.1) is 6.26 Å². The number of rotatable bonds is 4. The zero-order valence-electron chi connectivity index (χ0n) is 5.21. The van der Waals surface area contributed by atoms with Crippen molar-refractivity contribution in [2.75, 3.05) is 0 Å². The fraction of sp³-hybridized carbons (Fsp3) is 0. The summed E-state index contributed by atoms with van der Waals surface area (Å²) in [5, 5.41) is 0. The first-order valence-electron chi connectivity index (χ1n) is 2.50. The average molecular weight is 117 g/mol. The highest BCUT2D eigenvalue weighted by Gasteiger charge is 1.87. The van der Waals surface area contributed by atoms with Crippen molar-refractivity contribution in [3.05, 3.63) is 37.2 Å². The van der Waals surface area contributed by atoms with Gasteiger partial charge >= 0.3 is 0 Å². The van der Waals surface area contributed by atoms with Crippen LogP contribution in [-0.2, 0) is 4.74 Å². The molecule has 0 aromatic rings. The number of hydrogen-bond acceptors (Lipinski definition) is 1. The van der Waals surface area contributed by atoms with Gasteiger partial charge in [0.1, 0.15) is 7.17 Å². The van der Waals surface area contributed by atoms with Crippen LogP contribution in [0.4, 0.5) is 0 Å². The molecule has 43 valence electrons. The maximum Gasteiger partial charge on any atom is 0.145 e. The van der Waals surface area contributed by atoms with Gasteiger partial charge in [-0.2, -0.15) is 0 Å². The van der Waals surface area contributed by atoms with Crippen LogP contribution < -0.4 is 0 Å². The highest BCUT2D eigenvalue weighted by Crippen LogP contribution is 1.92. The lowest BCUT2D eigenvalue weighted by Gasteiger charge is -1.99. The third-order valence-corrected chi connectivity index (χ3v) is 0.666. The Morgan fingerprint density at radius 1 is 1.56 bits per heavy atom. The predicted octanol–water partition coefficient (Wildman–Crippen LogP) is 0.962. The Morgan fingerprint density at radius 2 is 2.22 bits per heavy atom. The summed E-state index contributed by atoms with van der Waals surface area (Å²) in [6.07, 6.45) is 4.53. The first-order valence-corrected chi connectivity index (χ1v) is 2.50. The largest absolute Gasteiger partial charge is 0.482 e. The molecule has 0 N–H and O–H groups in total. The Labute approximate surface area is 57.7 Å². The third-order valence-electron chi connectivity index (χ3n) is 0.666. The Kier molecular flexibility index (Phi) is 4.79. The summed E-state index contributed by atoms with van der Waals surface area (Å²) in [6.45, 7) is 6.82. The second-order valence-corrected chi connectivity index (χ2v) is 1.26. The Hall–Kier alpha value is -0.850. The first kappa shape index (κ1) is 8.15. The van der Waals surface area contributed by atoms with Gasteiger partial charge < -0.3 is 4.74 Å². The first-order chi connectivity index (χ1) is 4.35. The highest BCUT2D eigenvalue weighted by atomic mass is 16.5. The van der Waals surface area contributed by atoms with Crippen molar-refractivity contribution in [1.82, 2.24) is 0 Å². The SMILES string of the molecule is [B][B]/C(=C/C=C)OC=C. The van der Waals surface area contributed by atoms with Crippen molar-refractivity contribution in [3.63, 3.8) is 0 Å². The third kappa shape index (κ3) is 3.71. The summed E-state index contributed by atoms with van der Waals surface area (Å²) in [6, 6.07) is 0. The van der Waals surface area contributed by atoms with E-state index in [1.807, 2.05) is 0 Å². The fourth-order valence-electron chi connectivity index (χ4n) is 0.347. The van der Waals surface area contributed by atoms with Gasteiger partial charge in [-0.15, -0.1) is 0 Å². The van der Waals surface area contributed by atoms with Crippen LogP contribution in [0.1, 0.15) is 0 Å². The Balaban J connectivity index is 3.79. The maximum absolute atomic E-state index is 5.13. The molecule has 0 aromatic carbocycles. The predicted molar refractivity (Wildman–Crippen MR) is 41.1 cm³/mol. The van der Waals surface area contributed by atoms with Crippen molar-refractivity contribution in [2.24, 2.45) is 0 Å². The van der Waals surface area contributed by atoms with E-state index < -0.39 is 0 Å². The molecule has 0 saturated carbocycles. The molecule has 0 unspecified atom stereocenters. The van der Waals surface area contributed by atoms with Crippen molar-refractivity contribution >= 4 is 14.9 Å². The van der Waals surface area contributed by atoms with Crippen LogP contribution in [-0.4, -0.2) is 14.9 Å². The molecule has 0 aliphatic carbocycles. The molecule has 0 amide bonds. The molecule has 9 heavy (non-hydrogen) atoms. The van der Waals surface area contributed by atoms with Crippen molar-refractivity contribution in [3.8, 4) is 0 Å². The molecular weight excluding hydrogens is 110 g/mol. The lowest BCUT2D eigenvalue weighted by Crippen LogP contribution is -1.96. The van der Waals surface area contributed by atoms with Crippen LogP contribution in [0.2, 0.25) is 0 Å². The van der Waals surface area contributed by atoms with Gasteiger partial charge in [-0.1, -0.05) is 19.2 Å². The van der Waals surface area contributed by atoms with Crippen LogP contribution in [0, 0.1) is 0 Å². The molecule has 0 fully saturated rings. The van der Waals surface area contributed by atoms with Crippen molar-refractivity contribution in [1.29, 1.82) is 0 Å². The second-order valence-electron chi connectivity index (χ2n) is 1.26. The van der Waals surface area contributed by atoms with E-state index in [-0.39, 0.29) is 0 Å². The molecule has 0 aliphatic heterocycles. The molecule has 3 heteroatoms. The Bertz CT molecular complexity index is 129. The van der Waals surface area contributed by atoms with Gasteiger partial charge in [0.2, 0.25) is 0 Å².